The maximum atomic E-state index is 12.9. The molecule has 7 nitrogen and oxygen atoms in total. The summed E-state index contributed by atoms with van der Waals surface area (Å²) in [7, 11) is 1.83. The summed E-state index contributed by atoms with van der Waals surface area (Å²) >= 11 is 0. The first kappa shape index (κ1) is 20.4. The molecule has 1 fully saturated rings. The molecule has 0 radical (unpaired) electrons. The lowest BCUT2D eigenvalue weighted by Crippen LogP contribution is -2.56. The van der Waals surface area contributed by atoms with Gasteiger partial charge in [0.05, 0.1) is 0 Å². The Labute approximate surface area is 177 Å². The van der Waals surface area contributed by atoms with E-state index in [1.54, 1.807) is 21.8 Å². The fourth-order valence-electron chi connectivity index (χ4n) is 4.30. The van der Waals surface area contributed by atoms with Gasteiger partial charge in [0.15, 0.2) is 6.10 Å². The van der Waals surface area contributed by atoms with Gasteiger partial charge in [0, 0.05) is 43.4 Å². The number of carbonyl (C=O) groups is 2. The molecule has 7 heteroatoms. The summed E-state index contributed by atoms with van der Waals surface area (Å²) in [6.45, 7) is 4.90. The molecule has 2 aliphatic rings. The van der Waals surface area contributed by atoms with E-state index >= 15 is 0 Å². The number of amides is 2. The van der Waals surface area contributed by atoms with Crippen molar-refractivity contribution < 1.29 is 14.3 Å². The number of unbranched alkanes of at least 4 members (excludes halogenated alkanes) is 1. The number of fused-ring (bicyclic) bond motifs is 1. The Kier molecular flexibility index (Phi) is 5.79. The molecule has 2 heterocycles. The minimum absolute atomic E-state index is 0.0124. The smallest absolute Gasteiger partial charge is 0.272 e. The highest BCUT2D eigenvalue weighted by atomic mass is 16.5. The summed E-state index contributed by atoms with van der Waals surface area (Å²) in [4.78, 5) is 27.4. The molecule has 1 aromatic heterocycles. The lowest BCUT2D eigenvalue weighted by molar-refractivity contribution is -0.129. The van der Waals surface area contributed by atoms with Gasteiger partial charge in [-0.2, -0.15) is 5.10 Å². The first-order valence-corrected chi connectivity index (χ1v) is 10.8. The van der Waals surface area contributed by atoms with Crippen LogP contribution in [0.5, 0.6) is 5.75 Å². The van der Waals surface area contributed by atoms with Gasteiger partial charge in [-0.1, -0.05) is 38.5 Å². The Morgan fingerprint density at radius 1 is 1.27 bits per heavy atom. The number of rotatable bonds is 7. The van der Waals surface area contributed by atoms with Gasteiger partial charge in [-0.15, -0.1) is 0 Å². The number of carbonyl (C=O) groups excluding carboxylic acids is 2. The van der Waals surface area contributed by atoms with Gasteiger partial charge in [0.25, 0.3) is 11.8 Å². The average Bonchev–Trinajstić information content (AvgIpc) is 3.32. The summed E-state index contributed by atoms with van der Waals surface area (Å²) in [5.74, 6) is 0.738. The van der Waals surface area contributed by atoms with Crippen LogP contribution in [0.1, 0.15) is 61.5 Å². The number of aryl methyl sites for hydroxylation is 1. The quantitative estimate of drug-likeness (QED) is 0.761. The molecule has 4 rings (SSSR count). The zero-order chi connectivity index (χ0) is 21.3. The molecule has 160 valence electrons. The van der Waals surface area contributed by atoms with Crippen molar-refractivity contribution in [2.75, 3.05) is 7.05 Å². The SMILES string of the molecule is CCCCn1nccc1C(=O)N(C)C1CC(NC(=O)[C@@H]2Oc3ccccc3[C@@H]2C)C1. The summed E-state index contributed by atoms with van der Waals surface area (Å²) in [5, 5.41) is 7.38. The van der Waals surface area contributed by atoms with Crippen LogP contribution in [0.2, 0.25) is 0 Å². The Balaban J connectivity index is 1.28. The van der Waals surface area contributed by atoms with Crippen LogP contribution >= 0.6 is 0 Å². The monoisotopic (exact) mass is 410 g/mol. The van der Waals surface area contributed by atoms with Crippen molar-refractivity contribution in [1.29, 1.82) is 0 Å². The first-order chi connectivity index (χ1) is 14.5. The number of aromatic nitrogens is 2. The third-order valence-electron chi connectivity index (χ3n) is 6.36. The molecule has 1 aliphatic carbocycles. The van der Waals surface area contributed by atoms with Gasteiger partial charge in [-0.3, -0.25) is 14.3 Å². The van der Waals surface area contributed by atoms with E-state index in [4.69, 9.17) is 4.74 Å². The molecule has 2 atom stereocenters. The van der Waals surface area contributed by atoms with E-state index in [0.29, 0.717) is 5.69 Å². The Bertz CT molecular complexity index is 919. The average molecular weight is 411 g/mol. The molecule has 1 aliphatic heterocycles. The van der Waals surface area contributed by atoms with Crippen molar-refractivity contribution in [3.63, 3.8) is 0 Å². The van der Waals surface area contributed by atoms with Crippen molar-refractivity contribution in [2.24, 2.45) is 0 Å². The molecular formula is C23H30N4O3. The lowest BCUT2D eigenvalue weighted by Gasteiger charge is -2.41. The Morgan fingerprint density at radius 2 is 2.03 bits per heavy atom. The highest BCUT2D eigenvalue weighted by Crippen LogP contribution is 2.38. The van der Waals surface area contributed by atoms with E-state index in [2.05, 4.69) is 17.3 Å². The molecule has 2 amide bonds. The number of hydrogen-bond donors (Lipinski definition) is 1. The normalized spacial score (nSPS) is 24.5. The predicted octanol–water partition coefficient (Wildman–Crippen LogP) is 2.97. The van der Waals surface area contributed by atoms with Gasteiger partial charge >= 0.3 is 0 Å². The second-order valence-electron chi connectivity index (χ2n) is 8.40. The number of benzene rings is 1. The first-order valence-electron chi connectivity index (χ1n) is 10.8. The van der Waals surface area contributed by atoms with Crippen molar-refractivity contribution in [3.8, 4) is 5.75 Å². The largest absolute Gasteiger partial charge is 0.480 e. The minimum atomic E-state index is -0.492. The molecule has 2 aromatic rings. The summed E-state index contributed by atoms with van der Waals surface area (Å²) in [5.41, 5.74) is 1.71. The summed E-state index contributed by atoms with van der Waals surface area (Å²) in [6.07, 6.45) is 4.75. The number of nitrogens with zero attached hydrogens (tertiary/aromatic N) is 3. The van der Waals surface area contributed by atoms with Gasteiger partial charge < -0.3 is 15.0 Å². The van der Waals surface area contributed by atoms with Crippen LogP contribution in [0.25, 0.3) is 0 Å². The molecule has 1 N–H and O–H groups in total. The van der Waals surface area contributed by atoms with Crippen LogP contribution in [-0.4, -0.2) is 51.7 Å². The zero-order valence-electron chi connectivity index (χ0n) is 17.9. The number of para-hydroxylation sites is 1. The Hall–Kier alpha value is -2.83. The van der Waals surface area contributed by atoms with Crippen LogP contribution in [0, 0.1) is 0 Å². The predicted molar refractivity (Wildman–Crippen MR) is 113 cm³/mol. The molecule has 30 heavy (non-hydrogen) atoms. The third-order valence-corrected chi connectivity index (χ3v) is 6.36. The number of hydrogen-bond acceptors (Lipinski definition) is 4. The van der Waals surface area contributed by atoms with Crippen LogP contribution in [0.3, 0.4) is 0 Å². The van der Waals surface area contributed by atoms with Crippen molar-refractivity contribution in [1.82, 2.24) is 20.0 Å². The van der Waals surface area contributed by atoms with Crippen LogP contribution in [-0.2, 0) is 11.3 Å². The second-order valence-corrected chi connectivity index (χ2v) is 8.40. The topological polar surface area (TPSA) is 76.5 Å². The highest BCUT2D eigenvalue weighted by Gasteiger charge is 2.40. The third kappa shape index (κ3) is 3.80. The molecule has 0 bridgehead atoms. The molecule has 0 spiro atoms. The number of ether oxygens (including phenoxy) is 1. The van der Waals surface area contributed by atoms with Gasteiger partial charge in [0.1, 0.15) is 11.4 Å². The van der Waals surface area contributed by atoms with Gasteiger partial charge in [-0.05, 0) is 31.4 Å². The molecule has 1 aromatic carbocycles. The van der Waals surface area contributed by atoms with Crippen molar-refractivity contribution in [2.45, 2.75) is 70.2 Å². The lowest BCUT2D eigenvalue weighted by atomic mass is 9.85. The van der Waals surface area contributed by atoms with Crippen LogP contribution in [0.4, 0.5) is 0 Å². The minimum Gasteiger partial charge on any atom is -0.480 e. The maximum Gasteiger partial charge on any atom is 0.272 e. The highest BCUT2D eigenvalue weighted by molar-refractivity contribution is 5.92. The van der Waals surface area contributed by atoms with Gasteiger partial charge in [0.2, 0.25) is 0 Å². The fraction of sp³-hybridized carbons (Fsp3) is 0.522. The van der Waals surface area contributed by atoms with E-state index in [1.807, 2.05) is 38.2 Å². The summed E-state index contributed by atoms with van der Waals surface area (Å²) < 4.78 is 7.66. The van der Waals surface area contributed by atoms with Gasteiger partial charge in [-0.25, -0.2) is 0 Å². The summed E-state index contributed by atoms with van der Waals surface area (Å²) in [6, 6.07) is 9.78. The van der Waals surface area contributed by atoms with Crippen LogP contribution < -0.4 is 10.1 Å². The number of nitrogens with one attached hydrogen (secondary N) is 1. The molecule has 0 saturated heterocycles. The van der Waals surface area contributed by atoms with E-state index in [9.17, 15) is 9.59 Å². The van der Waals surface area contributed by atoms with E-state index in [1.165, 1.54) is 0 Å². The van der Waals surface area contributed by atoms with E-state index in [0.717, 1.165) is 43.5 Å². The standard InChI is InChI=1S/C23H30N4O3/c1-4-5-12-27-19(10-11-24-27)23(29)26(3)17-13-16(14-17)25-22(28)21-15(2)18-8-6-7-9-20(18)30-21/h6-11,15-17,21H,4-5,12-14H2,1-3H3,(H,25,28)/t15-,16?,17?,21+/m0/s1. The fourth-order valence-corrected chi connectivity index (χ4v) is 4.30. The zero-order valence-corrected chi connectivity index (χ0v) is 17.9. The van der Waals surface area contributed by atoms with Crippen LogP contribution in [0.15, 0.2) is 36.5 Å². The maximum absolute atomic E-state index is 12.9. The van der Waals surface area contributed by atoms with Crippen molar-refractivity contribution in [3.05, 3.63) is 47.8 Å². The second kappa shape index (κ2) is 8.50. The van der Waals surface area contributed by atoms with Crippen molar-refractivity contribution >= 4 is 11.8 Å². The molecular weight excluding hydrogens is 380 g/mol. The molecule has 0 unspecified atom stereocenters. The van der Waals surface area contributed by atoms with E-state index < -0.39 is 6.10 Å². The molecule has 1 saturated carbocycles. The van der Waals surface area contributed by atoms with E-state index in [-0.39, 0.29) is 29.8 Å². The Morgan fingerprint density at radius 3 is 2.77 bits per heavy atom.